The van der Waals surface area contributed by atoms with Crippen molar-refractivity contribution in [1.82, 2.24) is 0 Å². The second-order valence-corrected chi connectivity index (χ2v) is 4.87. The average Bonchev–Trinajstić information content (AvgIpc) is 2.41. The molecule has 0 rings (SSSR count). The Hall–Kier alpha value is -1.61. The number of aliphatic carboxylic acids is 1. The number of rotatable bonds is 9. The van der Waals surface area contributed by atoms with Gasteiger partial charge in [0.2, 0.25) is 5.78 Å². The Kier molecular flexibility index (Phi) is 8.57. The number of ketones is 1. The first-order chi connectivity index (χ1) is 9.33. The lowest BCUT2D eigenvalue weighted by atomic mass is 10.2. The van der Waals surface area contributed by atoms with E-state index in [0.29, 0.717) is 0 Å². The predicted octanol–water partition coefficient (Wildman–Crippen LogP) is -0.805. The first-order valence-corrected chi connectivity index (χ1v) is 6.76. The van der Waals surface area contributed by atoms with Crippen molar-refractivity contribution in [2.45, 2.75) is 24.6 Å². The molecule has 3 N–H and O–H groups in total. The number of Topliss-reactive ketones (excluding diaryl/α,β-unsaturated/α-hetero) is 1. The largest absolute Gasteiger partial charge is 0.480 e. The van der Waals surface area contributed by atoms with E-state index in [0.717, 1.165) is 18.9 Å². The van der Waals surface area contributed by atoms with E-state index in [1.54, 1.807) is 6.92 Å². The summed E-state index contributed by atoms with van der Waals surface area (Å²) in [5, 5.41) is 7.64. The Bertz CT molecular complexity index is 385. The summed E-state index contributed by atoms with van der Waals surface area (Å²) in [4.78, 5) is 44.7. The Balaban J connectivity index is 4.57. The Morgan fingerprint density at radius 1 is 1.30 bits per heavy atom. The third kappa shape index (κ3) is 6.53. The van der Waals surface area contributed by atoms with E-state index >= 15 is 0 Å². The van der Waals surface area contributed by atoms with Gasteiger partial charge in [-0.3, -0.25) is 14.4 Å². The van der Waals surface area contributed by atoms with Crippen LogP contribution in [0.5, 0.6) is 0 Å². The Morgan fingerprint density at radius 3 is 2.35 bits per heavy atom. The number of esters is 2. The van der Waals surface area contributed by atoms with E-state index in [9.17, 15) is 19.2 Å². The quantitative estimate of drug-likeness (QED) is 0.414. The molecule has 0 aliphatic rings. The summed E-state index contributed by atoms with van der Waals surface area (Å²) in [6.45, 7) is 1.59. The van der Waals surface area contributed by atoms with Crippen molar-refractivity contribution in [3.63, 3.8) is 0 Å². The molecule has 0 spiro atoms. The van der Waals surface area contributed by atoms with Gasteiger partial charge in [0.05, 0.1) is 13.7 Å². The molecule has 9 heteroatoms. The number of thioether (sulfide) groups is 1. The van der Waals surface area contributed by atoms with Gasteiger partial charge in [0.25, 0.3) is 0 Å². The van der Waals surface area contributed by atoms with Crippen LogP contribution in [-0.4, -0.2) is 59.6 Å². The topological polar surface area (TPSA) is 133 Å². The summed E-state index contributed by atoms with van der Waals surface area (Å²) in [7, 11) is 1.13. The molecule has 0 aliphatic heterocycles. The number of carbonyl (C=O) groups is 4. The van der Waals surface area contributed by atoms with Gasteiger partial charge in [0.15, 0.2) is 0 Å². The van der Waals surface area contributed by atoms with Crippen LogP contribution >= 0.6 is 11.8 Å². The third-order valence-electron chi connectivity index (χ3n) is 2.13. The van der Waals surface area contributed by atoms with Gasteiger partial charge in [0.1, 0.15) is 11.3 Å². The maximum Gasteiger partial charge on any atom is 0.374 e. The fourth-order valence-electron chi connectivity index (χ4n) is 1.10. The van der Waals surface area contributed by atoms with Crippen LogP contribution in [0.3, 0.4) is 0 Å². The molecule has 0 saturated heterocycles. The molecule has 0 aromatic rings. The van der Waals surface area contributed by atoms with E-state index in [2.05, 4.69) is 9.47 Å². The molecule has 0 bridgehead atoms. The molecular weight excluding hydrogens is 290 g/mol. The zero-order valence-electron chi connectivity index (χ0n) is 11.2. The Morgan fingerprint density at radius 2 is 1.90 bits per heavy atom. The van der Waals surface area contributed by atoms with Crippen molar-refractivity contribution in [2.24, 2.45) is 5.73 Å². The van der Waals surface area contributed by atoms with Gasteiger partial charge < -0.3 is 20.3 Å². The van der Waals surface area contributed by atoms with Crippen LogP contribution in [0.1, 0.15) is 13.3 Å². The minimum atomic E-state index is -1.22. The molecule has 1 unspecified atom stereocenters. The number of methoxy groups -OCH3 is 1. The van der Waals surface area contributed by atoms with Gasteiger partial charge in [-0.2, -0.15) is 0 Å². The van der Waals surface area contributed by atoms with E-state index < -0.39 is 41.4 Å². The number of carboxylic acid groups (broad SMARTS) is 1. The van der Waals surface area contributed by atoms with Crippen LogP contribution in [-0.2, 0) is 28.7 Å². The second-order valence-electron chi connectivity index (χ2n) is 3.64. The van der Waals surface area contributed by atoms with Gasteiger partial charge in [-0.25, -0.2) is 4.79 Å². The van der Waals surface area contributed by atoms with Crippen LogP contribution in [0, 0.1) is 0 Å². The van der Waals surface area contributed by atoms with Crippen LogP contribution in [0.15, 0.2) is 0 Å². The number of hydrogen-bond donors (Lipinski definition) is 2. The van der Waals surface area contributed by atoms with Crippen molar-refractivity contribution in [2.75, 3.05) is 19.5 Å². The second kappa shape index (κ2) is 9.32. The first-order valence-electron chi connectivity index (χ1n) is 5.71. The van der Waals surface area contributed by atoms with Crippen molar-refractivity contribution in [1.29, 1.82) is 0 Å². The number of carbonyl (C=O) groups excluding carboxylic acids is 3. The zero-order valence-corrected chi connectivity index (χ0v) is 12.0. The number of hydrogen-bond acceptors (Lipinski definition) is 8. The van der Waals surface area contributed by atoms with Crippen molar-refractivity contribution in [3.05, 3.63) is 0 Å². The molecular formula is C11H17NO7S. The summed E-state index contributed by atoms with van der Waals surface area (Å²) in [5.74, 6) is -3.96. The van der Waals surface area contributed by atoms with Gasteiger partial charge in [-0.1, -0.05) is 0 Å². The highest BCUT2D eigenvalue weighted by Crippen LogP contribution is 2.18. The molecule has 8 nitrogen and oxygen atoms in total. The predicted molar refractivity (Wildman–Crippen MR) is 70.1 cm³/mol. The monoisotopic (exact) mass is 307 g/mol. The van der Waals surface area contributed by atoms with Gasteiger partial charge in [-0.15, -0.1) is 11.8 Å². The molecule has 0 fully saturated rings. The van der Waals surface area contributed by atoms with Crippen molar-refractivity contribution < 1.29 is 33.8 Å². The number of nitrogens with two attached hydrogens (primary N) is 1. The molecule has 0 saturated carbocycles. The highest BCUT2D eigenvalue weighted by Gasteiger charge is 2.28. The minimum absolute atomic E-state index is 0.0461. The fourth-order valence-corrected chi connectivity index (χ4v) is 2.18. The molecule has 0 aromatic heterocycles. The standard InChI is InChI=1S/C11H17NO7S/c1-3-19-10(16)7(13)4-8(11(17)18-2)20-5-6(12)9(14)15/h6,8H,3-5,12H2,1-2H3,(H,14,15)/t6-,8?/m0/s1. The van der Waals surface area contributed by atoms with Crippen LogP contribution in [0.4, 0.5) is 0 Å². The number of ether oxygens (including phenoxy) is 2. The molecule has 114 valence electrons. The SMILES string of the molecule is CCOC(=O)C(=O)CC(SC[C@H](N)C(=O)O)C(=O)OC. The van der Waals surface area contributed by atoms with Gasteiger partial charge >= 0.3 is 17.9 Å². The summed E-state index contributed by atoms with van der Waals surface area (Å²) in [6, 6.07) is -1.18. The number of carboxylic acids is 1. The lowest BCUT2D eigenvalue weighted by Gasteiger charge is -2.14. The molecule has 0 aromatic carbocycles. The molecule has 20 heavy (non-hydrogen) atoms. The Labute approximate surface area is 120 Å². The fraction of sp³-hybridized carbons (Fsp3) is 0.636. The first kappa shape index (κ1) is 18.4. The van der Waals surface area contributed by atoms with Crippen molar-refractivity contribution >= 4 is 35.5 Å². The summed E-state index contributed by atoms with van der Waals surface area (Å²) in [5.41, 5.74) is 5.30. The average molecular weight is 307 g/mol. The normalized spacial score (nSPS) is 13.2. The van der Waals surface area contributed by atoms with E-state index in [-0.39, 0.29) is 12.4 Å². The highest BCUT2D eigenvalue weighted by atomic mass is 32.2. The summed E-state index contributed by atoms with van der Waals surface area (Å²) >= 11 is 0.845. The van der Waals surface area contributed by atoms with Gasteiger partial charge in [-0.05, 0) is 6.92 Å². The van der Waals surface area contributed by atoms with E-state index in [1.807, 2.05) is 0 Å². The summed E-state index contributed by atoms with van der Waals surface area (Å²) < 4.78 is 9.01. The van der Waals surface area contributed by atoms with E-state index in [1.165, 1.54) is 0 Å². The lowest BCUT2D eigenvalue weighted by Crippen LogP contribution is -2.35. The molecule has 2 atom stereocenters. The zero-order chi connectivity index (χ0) is 15.7. The van der Waals surface area contributed by atoms with Gasteiger partial charge in [0, 0.05) is 12.2 Å². The van der Waals surface area contributed by atoms with E-state index in [4.69, 9.17) is 10.8 Å². The van der Waals surface area contributed by atoms with Crippen molar-refractivity contribution in [3.8, 4) is 0 Å². The maximum atomic E-state index is 11.5. The lowest BCUT2D eigenvalue weighted by molar-refractivity contribution is -0.154. The summed E-state index contributed by atoms with van der Waals surface area (Å²) in [6.07, 6.45) is -0.428. The minimum Gasteiger partial charge on any atom is -0.480 e. The molecule has 0 heterocycles. The molecule has 0 aliphatic carbocycles. The smallest absolute Gasteiger partial charge is 0.374 e. The van der Waals surface area contributed by atoms with Crippen LogP contribution < -0.4 is 5.73 Å². The van der Waals surface area contributed by atoms with Crippen LogP contribution in [0.2, 0.25) is 0 Å². The molecule has 0 amide bonds. The third-order valence-corrected chi connectivity index (χ3v) is 3.45. The van der Waals surface area contributed by atoms with Crippen LogP contribution in [0.25, 0.3) is 0 Å². The molecule has 0 radical (unpaired) electrons. The highest BCUT2D eigenvalue weighted by molar-refractivity contribution is 8.00. The maximum absolute atomic E-state index is 11.5.